The summed E-state index contributed by atoms with van der Waals surface area (Å²) in [5.41, 5.74) is 2.80. The Balaban J connectivity index is 2.21. The number of hydrogen-bond acceptors (Lipinski definition) is 4. The first-order chi connectivity index (χ1) is 8.68. The molecule has 1 aromatic carbocycles. The van der Waals surface area contributed by atoms with Gasteiger partial charge >= 0.3 is 0 Å². The van der Waals surface area contributed by atoms with Gasteiger partial charge in [-0.05, 0) is 43.9 Å². The lowest BCUT2D eigenvalue weighted by Crippen LogP contribution is -2.20. The summed E-state index contributed by atoms with van der Waals surface area (Å²) < 4.78 is 11.5. The Hall–Kier alpha value is -1.80. The molecule has 0 bridgehead atoms. The number of aryl methyl sites for hydroxylation is 1. The van der Waals surface area contributed by atoms with Gasteiger partial charge in [0.1, 0.15) is 18.8 Å². The molecule has 2 aliphatic rings. The highest BCUT2D eigenvalue weighted by Gasteiger charge is 2.48. The molecule has 0 amide bonds. The Morgan fingerprint density at radius 2 is 1.89 bits per heavy atom. The Bertz CT molecular complexity index is 555. The SMILES string of the molecule is Cc1cc(C2(N=C=O)CC2)c2c(c1C)OCCO2. The molecule has 0 saturated heterocycles. The Kier molecular flexibility index (Phi) is 2.42. The van der Waals surface area contributed by atoms with E-state index >= 15 is 0 Å². The molecule has 1 fully saturated rings. The number of hydrogen-bond donors (Lipinski definition) is 0. The first kappa shape index (κ1) is 11.3. The van der Waals surface area contributed by atoms with Gasteiger partial charge < -0.3 is 9.47 Å². The molecular weight excluding hydrogens is 230 g/mol. The summed E-state index contributed by atoms with van der Waals surface area (Å²) in [4.78, 5) is 14.6. The average molecular weight is 245 g/mol. The molecule has 1 saturated carbocycles. The third-order valence-corrected chi connectivity index (χ3v) is 3.80. The number of fused-ring (bicyclic) bond motifs is 1. The minimum atomic E-state index is -0.412. The number of ether oxygens (including phenoxy) is 2. The topological polar surface area (TPSA) is 47.9 Å². The molecule has 0 atom stereocenters. The fraction of sp³-hybridized carbons (Fsp3) is 0.500. The second-order valence-electron chi connectivity index (χ2n) is 4.96. The molecule has 4 nitrogen and oxygen atoms in total. The maximum atomic E-state index is 10.6. The molecule has 0 spiro atoms. The van der Waals surface area contributed by atoms with Gasteiger partial charge in [-0.15, -0.1) is 0 Å². The summed E-state index contributed by atoms with van der Waals surface area (Å²) in [6.07, 6.45) is 3.44. The summed E-state index contributed by atoms with van der Waals surface area (Å²) in [5, 5.41) is 0. The molecule has 1 aliphatic heterocycles. The molecular formula is C14H15NO3. The molecule has 94 valence electrons. The predicted molar refractivity (Wildman–Crippen MR) is 65.9 cm³/mol. The molecule has 0 N–H and O–H groups in total. The molecule has 4 heteroatoms. The largest absolute Gasteiger partial charge is 0.486 e. The van der Waals surface area contributed by atoms with E-state index in [9.17, 15) is 4.79 Å². The van der Waals surface area contributed by atoms with Gasteiger partial charge in [-0.1, -0.05) is 0 Å². The number of aliphatic imine (C=N–C) groups is 1. The summed E-state index contributed by atoms with van der Waals surface area (Å²) in [7, 11) is 0. The predicted octanol–water partition coefficient (Wildman–Crippen LogP) is 2.40. The van der Waals surface area contributed by atoms with Crippen molar-refractivity contribution in [2.45, 2.75) is 32.2 Å². The highest BCUT2D eigenvalue weighted by Crippen LogP contribution is 2.55. The number of rotatable bonds is 2. The Labute approximate surface area is 106 Å². The quantitative estimate of drug-likeness (QED) is 0.593. The Morgan fingerprint density at radius 1 is 1.22 bits per heavy atom. The van der Waals surface area contributed by atoms with E-state index < -0.39 is 5.54 Å². The van der Waals surface area contributed by atoms with Crippen LogP contribution in [0.4, 0.5) is 0 Å². The van der Waals surface area contributed by atoms with E-state index in [1.165, 1.54) is 0 Å². The third-order valence-electron chi connectivity index (χ3n) is 3.80. The number of nitrogens with zero attached hydrogens (tertiary/aromatic N) is 1. The zero-order chi connectivity index (χ0) is 12.8. The van der Waals surface area contributed by atoms with E-state index in [1.807, 2.05) is 13.8 Å². The molecule has 3 rings (SSSR count). The number of isocyanates is 1. The van der Waals surface area contributed by atoms with Gasteiger partial charge in [-0.25, -0.2) is 4.79 Å². The van der Waals surface area contributed by atoms with Crippen LogP contribution >= 0.6 is 0 Å². The fourth-order valence-electron chi connectivity index (χ4n) is 2.46. The molecule has 0 aromatic heterocycles. The second kappa shape index (κ2) is 3.85. The van der Waals surface area contributed by atoms with Gasteiger partial charge in [-0.2, -0.15) is 4.99 Å². The summed E-state index contributed by atoms with van der Waals surface area (Å²) >= 11 is 0. The third kappa shape index (κ3) is 1.53. The van der Waals surface area contributed by atoms with Crippen LogP contribution in [0.5, 0.6) is 11.5 Å². The summed E-state index contributed by atoms with van der Waals surface area (Å²) in [5.74, 6) is 1.57. The van der Waals surface area contributed by atoms with Gasteiger partial charge in [0.2, 0.25) is 6.08 Å². The average Bonchev–Trinajstić information content (AvgIpc) is 3.15. The van der Waals surface area contributed by atoms with Crippen molar-refractivity contribution in [2.75, 3.05) is 13.2 Å². The van der Waals surface area contributed by atoms with Crippen molar-refractivity contribution in [1.82, 2.24) is 0 Å². The van der Waals surface area contributed by atoms with Gasteiger partial charge in [0.05, 0.1) is 0 Å². The van der Waals surface area contributed by atoms with Crippen molar-refractivity contribution in [3.05, 3.63) is 22.8 Å². The van der Waals surface area contributed by atoms with Crippen LogP contribution in [0.25, 0.3) is 0 Å². The van der Waals surface area contributed by atoms with Crippen LogP contribution in [0.2, 0.25) is 0 Å². The molecule has 0 unspecified atom stereocenters. The number of carbonyl (C=O) groups excluding carboxylic acids is 1. The molecule has 1 aliphatic carbocycles. The summed E-state index contributed by atoms with van der Waals surface area (Å²) in [6, 6.07) is 2.07. The van der Waals surface area contributed by atoms with Crippen molar-refractivity contribution >= 4 is 6.08 Å². The first-order valence-corrected chi connectivity index (χ1v) is 6.17. The smallest absolute Gasteiger partial charge is 0.235 e. The van der Waals surface area contributed by atoms with Crippen molar-refractivity contribution in [3.8, 4) is 11.5 Å². The number of benzene rings is 1. The maximum absolute atomic E-state index is 10.6. The Morgan fingerprint density at radius 3 is 2.50 bits per heavy atom. The van der Waals surface area contributed by atoms with Crippen molar-refractivity contribution in [3.63, 3.8) is 0 Å². The van der Waals surface area contributed by atoms with Crippen LogP contribution in [0.1, 0.15) is 29.5 Å². The first-order valence-electron chi connectivity index (χ1n) is 6.17. The van der Waals surface area contributed by atoms with Gasteiger partial charge in [0.15, 0.2) is 11.5 Å². The fourth-order valence-corrected chi connectivity index (χ4v) is 2.46. The molecule has 0 radical (unpaired) electrons. The standard InChI is InChI=1S/C14H15NO3/c1-9-7-11(14(3-4-14)15-8-16)13-12(10(9)2)17-5-6-18-13/h7H,3-6H2,1-2H3. The van der Waals surface area contributed by atoms with Crippen molar-refractivity contribution in [2.24, 2.45) is 4.99 Å². The molecule has 1 aromatic rings. The van der Waals surface area contributed by atoms with Crippen LogP contribution < -0.4 is 9.47 Å². The van der Waals surface area contributed by atoms with E-state index in [-0.39, 0.29) is 0 Å². The van der Waals surface area contributed by atoms with E-state index in [0.717, 1.165) is 41.0 Å². The van der Waals surface area contributed by atoms with Crippen LogP contribution in [0.3, 0.4) is 0 Å². The minimum absolute atomic E-state index is 0.412. The van der Waals surface area contributed by atoms with Crippen LogP contribution in [-0.2, 0) is 10.3 Å². The van der Waals surface area contributed by atoms with E-state index in [4.69, 9.17) is 9.47 Å². The zero-order valence-electron chi connectivity index (χ0n) is 10.6. The van der Waals surface area contributed by atoms with Crippen LogP contribution in [-0.4, -0.2) is 19.3 Å². The monoisotopic (exact) mass is 245 g/mol. The van der Waals surface area contributed by atoms with Crippen molar-refractivity contribution < 1.29 is 14.3 Å². The normalized spacial score (nSPS) is 19.0. The van der Waals surface area contributed by atoms with E-state index in [2.05, 4.69) is 11.1 Å². The van der Waals surface area contributed by atoms with Gasteiger partial charge in [0.25, 0.3) is 0 Å². The maximum Gasteiger partial charge on any atom is 0.235 e. The van der Waals surface area contributed by atoms with Crippen molar-refractivity contribution in [1.29, 1.82) is 0 Å². The van der Waals surface area contributed by atoms with Crippen LogP contribution in [0.15, 0.2) is 11.1 Å². The zero-order valence-corrected chi connectivity index (χ0v) is 10.6. The molecule has 1 heterocycles. The van der Waals surface area contributed by atoms with Crippen LogP contribution in [0, 0.1) is 13.8 Å². The lowest BCUT2D eigenvalue weighted by atomic mass is 9.97. The van der Waals surface area contributed by atoms with Gasteiger partial charge in [0, 0.05) is 5.56 Å². The van der Waals surface area contributed by atoms with E-state index in [1.54, 1.807) is 6.08 Å². The highest BCUT2D eigenvalue weighted by molar-refractivity contribution is 5.60. The second-order valence-corrected chi connectivity index (χ2v) is 4.96. The highest BCUT2D eigenvalue weighted by atomic mass is 16.6. The lowest BCUT2D eigenvalue weighted by Gasteiger charge is -2.25. The summed E-state index contributed by atoms with van der Waals surface area (Å²) in [6.45, 7) is 5.18. The minimum Gasteiger partial charge on any atom is -0.486 e. The molecule has 18 heavy (non-hydrogen) atoms. The lowest BCUT2D eigenvalue weighted by molar-refractivity contribution is 0.167. The van der Waals surface area contributed by atoms with Gasteiger partial charge in [-0.3, -0.25) is 0 Å². The van der Waals surface area contributed by atoms with E-state index in [0.29, 0.717) is 13.2 Å².